The first-order valence-electron chi connectivity index (χ1n) is 8.10. The Kier molecular flexibility index (Phi) is 8.34. The van der Waals surface area contributed by atoms with Gasteiger partial charge in [0.2, 0.25) is 0 Å². The van der Waals surface area contributed by atoms with Crippen LogP contribution < -0.4 is 16.0 Å². The Balaban J connectivity index is 1.58. The summed E-state index contributed by atoms with van der Waals surface area (Å²) in [6, 6.07) is 13.8. The zero-order valence-corrected chi connectivity index (χ0v) is 15.1. The summed E-state index contributed by atoms with van der Waals surface area (Å²) in [4.78, 5) is 21.2. The molecule has 6 nitrogen and oxygen atoms in total. The Labute approximate surface area is 152 Å². The number of nitrogens with one attached hydrogen (secondary N) is 3. The molecule has 1 aromatic heterocycles. The van der Waals surface area contributed by atoms with E-state index >= 15 is 0 Å². The van der Waals surface area contributed by atoms with Gasteiger partial charge >= 0.3 is 0 Å². The Morgan fingerprint density at radius 1 is 1.04 bits per heavy atom. The molecule has 0 aliphatic carbocycles. The quantitative estimate of drug-likeness (QED) is 0.290. The fraction of sp³-hybridized carbons (Fsp3) is 0.278. The normalized spacial score (nSPS) is 11.0. The number of thioether (sulfide) groups is 1. The molecule has 0 bridgehead atoms. The van der Waals surface area contributed by atoms with Crippen molar-refractivity contribution in [3.63, 3.8) is 0 Å². The second-order valence-corrected chi connectivity index (χ2v) is 6.25. The summed E-state index contributed by atoms with van der Waals surface area (Å²) in [6.45, 7) is 1.91. The molecule has 7 heteroatoms. The van der Waals surface area contributed by atoms with Crippen molar-refractivity contribution in [1.29, 1.82) is 0 Å². The average molecular weight is 357 g/mol. The lowest BCUT2D eigenvalue weighted by Crippen LogP contribution is -2.42. The summed E-state index contributed by atoms with van der Waals surface area (Å²) in [6.07, 6.45) is 3.19. The highest BCUT2D eigenvalue weighted by Crippen LogP contribution is 2.15. The topological polar surface area (TPSA) is 78.4 Å². The Morgan fingerprint density at radius 3 is 2.52 bits per heavy atom. The third kappa shape index (κ3) is 7.26. The number of rotatable bonds is 8. The van der Waals surface area contributed by atoms with Crippen LogP contribution in [0.4, 0.5) is 0 Å². The zero-order valence-electron chi connectivity index (χ0n) is 14.2. The molecule has 25 heavy (non-hydrogen) atoms. The molecule has 2 rings (SSSR count). The maximum Gasteiger partial charge on any atom is 0.252 e. The summed E-state index contributed by atoms with van der Waals surface area (Å²) >= 11 is 1.79. The lowest BCUT2D eigenvalue weighted by Gasteiger charge is -2.12. The van der Waals surface area contributed by atoms with E-state index in [4.69, 9.17) is 0 Å². The van der Waals surface area contributed by atoms with Gasteiger partial charge in [-0.3, -0.25) is 14.8 Å². The largest absolute Gasteiger partial charge is 0.356 e. The van der Waals surface area contributed by atoms with Crippen molar-refractivity contribution < 1.29 is 4.79 Å². The summed E-state index contributed by atoms with van der Waals surface area (Å²) in [5.74, 6) is 1.55. The van der Waals surface area contributed by atoms with Gasteiger partial charge in [0.25, 0.3) is 5.91 Å². The third-order valence-electron chi connectivity index (χ3n) is 3.26. The molecule has 1 aromatic carbocycles. The number of nitrogens with zero attached hydrogens (tertiary/aromatic N) is 2. The Bertz CT molecular complexity index is 664. The van der Waals surface area contributed by atoms with Gasteiger partial charge in [0, 0.05) is 49.7 Å². The van der Waals surface area contributed by atoms with Gasteiger partial charge in [-0.2, -0.15) is 0 Å². The highest BCUT2D eigenvalue weighted by atomic mass is 32.2. The van der Waals surface area contributed by atoms with Gasteiger partial charge in [-0.15, -0.1) is 11.8 Å². The molecule has 0 saturated heterocycles. The van der Waals surface area contributed by atoms with Crippen molar-refractivity contribution in [3.05, 3.63) is 60.4 Å². The predicted octanol–water partition coefficient (Wildman–Crippen LogP) is 1.77. The van der Waals surface area contributed by atoms with Gasteiger partial charge < -0.3 is 16.0 Å². The van der Waals surface area contributed by atoms with E-state index in [-0.39, 0.29) is 5.91 Å². The Hall–Kier alpha value is -2.54. The number of carbonyl (C=O) groups is 1. The minimum Gasteiger partial charge on any atom is -0.356 e. The van der Waals surface area contributed by atoms with Gasteiger partial charge in [-0.1, -0.05) is 18.2 Å². The number of hydrogen-bond acceptors (Lipinski definition) is 4. The number of carbonyl (C=O) groups excluding carboxylic acids is 1. The van der Waals surface area contributed by atoms with E-state index in [2.05, 4.69) is 38.1 Å². The average Bonchev–Trinajstić information content (AvgIpc) is 2.68. The molecular weight excluding hydrogens is 334 g/mol. The molecule has 0 spiro atoms. The number of aliphatic imine (C=N–C) groups is 1. The first-order valence-corrected chi connectivity index (χ1v) is 9.09. The monoisotopic (exact) mass is 357 g/mol. The van der Waals surface area contributed by atoms with Crippen LogP contribution in [0.5, 0.6) is 0 Å². The van der Waals surface area contributed by atoms with Crippen LogP contribution in [0.25, 0.3) is 0 Å². The summed E-state index contributed by atoms with van der Waals surface area (Å²) in [5.41, 5.74) is 0.558. The van der Waals surface area contributed by atoms with Crippen LogP contribution in [0.3, 0.4) is 0 Å². The van der Waals surface area contributed by atoms with Crippen LogP contribution in [0.1, 0.15) is 10.4 Å². The molecule has 0 aliphatic rings. The fourth-order valence-electron chi connectivity index (χ4n) is 2.03. The van der Waals surface area contributed by atoms with Crippen LogP contribution in [-0.4, -0.2) is 49.3 Å². The van der Waals surface area contributed by atoms with Gasteiger partial charge in [0.05, 0.1) is 5.56 Å². The van der Waals surface area contributed by atoms with E-state index in [1.54, 1.807) is 43.3 Å². The first-order chi connectivity index (χ1) is 12.3. The van der Waals surface area contributed by atoms with Gasteiger partial charge in [0.15, 0.2) is 5.96 Å². The number of hydrogen-bond donors (Lipinski definition) is 3. The van der Waals surface area contributed by atoms with E-state index in [0.717, 1.165) is 18.3 Å². The molecule has 0 atom stereocenters. The minimum atomic E-state index is -0.128. The molecular formula is C18H23N5OS. The molecule has 1 amide bonds. The van der Waals surface area contributed by atoms with Crippen molar-refractivity contribution in [2.75, 3.05) is 32.4 Å². The molecule has 132 valence electrons. The van der Waals surface area contributed by atoms with E-state index in [1.165, 1.54) is 4.90 Å². The fourth-order valence-corrected chi connectivity index (χ4v) is 2.82. The molecule has 0 saturated carbocycles. The van der Waals surface area contributed by atoms with Gasteiger partial charge in [-0.05, 0) is 24.3 Å². The molecule has 0 radical (unpaired) electrons. The van der Waals surface area contributed by atoms with Crippen molar-refractivity contribution in [1.82, 2.24) is 20.9 Å². The summed E-state index contributed by atoms with van der Waals surface area (Å²) in [5, 5.41) is 9.27. The van der Waals surface area contributed by atoms with Gasteiger partial charge in [-0.25, -0.2) is 0 Å². The molecule has 0 fully saturated rings. The highest BCUT2D eigenvalue weighted by molar-refractivity contribution is 7.99. The number of benzene rings is 1. The molecule has 3 N–H and O–H groups in total. The van der Waals surface area contributed by atoms with Crippen molar-refractivity contribution in [2.24, 2.45) is 4.99 Å². The van der Waals surface area contributed by atoms with E-state index in [0.29, 0.717) is 18.7 Å². The van der Waals surface area contributed by atoms with Crippen LogP contribution in [-0.2, 0) is 0 Å². The van der Waals surface area contributed by atoms with E-state index in [9.17, 15) is 4.79 Å². The molecule has 2 aromatic rings. The van der Waals surface area contributed by atoms with E-state index < -0.39 is 0 Å². The number of pyridine rings is 1. The van der Waals surface area contributed by atoms with Crippen LogP contribution in [0.2, 0.25) is 0 Å². The smallest absolute Gasteiger partial charge is 0.252 e. The number of guanidine groups is 1. The lowest BCUT2D eigenvalue weighted by atomic mass is 10.3. The van der Waals surface area contributed by atoms with Crippen LogP contribution in [0.15, 0.2) is 64.7 Å². The number of amides is 1. The van der Waals surface area contributed by atoms with Crippen molar-refractivity contribution >= 4 is 23.6 Å². The molecule has 1 heterocycles. The lowest BCUT2D eigenvalue weighted by molar-refractivity contribution is 0.0954. The molecule has 0 unspecified atom stereocenters. The second-order valence-electron chi connectivity index (χ2n) is 5.08. The Morgan fingerprint density at radius 2 is 1.80 bits per heavy atom. The number of aromatic nitrogens is 1. The standard InChI is InChI=1S/C18H23N5OS/c1-19-18(23-12-13-25-16-7-3-2-4-8-16)22-11-10-21-17(24)15-6-5-9-20-14-15/h2-9,14H,10-13H2,1H3,(H,21,24)(H2,19,22,23). The third-order valence-corrected chi connectivity index (χ3v) is 4.27. The van der Waals surface area contributed by atoms with Crippen LogP contribution in [0, 0.1) is 0 Å². The van der Waals surface area contributed by atoms with Crippen molar-refractivity contribution in [2.45, 2.75) is 4.90 Å². The summed E-state index contributed by atoms with van der Waals surface area (Å²) in [7, 11) is 1.73. The summed E-state index contributed by atoms with van der Waals surface area (Å²) < 4.78 is 0. The van der Waals surface area contributed by atoms with Crippen molar-refractivity contribution in [3.8, 4) is 0 Å². The van der Waals surface area contributed by atoms with Crippen LogP contribution >= 0.6 is 11.8 Å². The highest BCUT2D eigenvalue weighted by Gasteiger charge is 2.04. The minimum absolute atomic E-state index is 0.128. The predicted molar refractivity (Wildman–Crippen MR) is 103 cm³/mol. The maximum atomic E-state index is 11.9. The van der Waals surface area contributed by atoms with Gasteiger partial charge in [0.1, 0.15) is 0 Å². The van der Waals surface area contributed by atoms with E-state index in [1.807, 2.05) is 18.2 Å². The maximum absolute atomic E-state index is 11.9. The molecule has 0 aliphatic heterocycles. The SMILES string of the molecule is CN=C(NCCNC(=O)c1cccnc1)NCCSc1ccccc1. The zero-order chi connectivity index (χ0) is 17.7. The second kappa shape index (κ2) is 11.1. The first kappa shape index (κ1) is 18.8.